The zero-order chi connectivity index (χ0) is 10.3. The van der Waals surface area contributed by atoms with Crippen molar-refractivity contribution in [1.82, 2.24) is 15.0 Å². The Bertz CT molecular complexity index is 490. The standard InChI is InChI=1S/C10H10BrN3S/c11-7-3-8-10(12-4-7)14-9(13-8)6-1-2-15-5-6/h3-4,6H,1-2,5H2,(H,12,13,14). The number of thioether (sulfide) groups is 1. The Morgan fingerprint density at radius 1 is 1.53 bits per heavy atom. The van der Waals surface area contributed by atoms with Crippen molar-refractivity contribution in [3.8, 4) is 0 Å². The molecule has 1 aliphatic heterocycles. The predicted molar refractivity (Wildman–Crippen MR) is 66.3 cm³/mol. The van der Waals surface area contributed by atoms with Crippen LogP contribution in [-0.2, 0) is 0 Å². The number of hydrogen-bond donors (Lipinski definition) is 1. The van der Waals surface area contributed by atoms with Crippen LogP contribution in [0.5, 0.6) is 0 Å². The highest BCUT2D eigenvalue weighted by Crippen LogP contribution is 2.31. The lowest BCUT2D eigenvalue weighted by Gasteiger charge is -2.01. The molecular formula is C10H10BrN3S. The molecule has 2 aromatic heterocycles. The van der Waals surface area contributed by atoms with Crippen molar-refractivity contribution in [2.24, 2.45) is 0 Å². The molecule has 0 aliphatic carbocycles. The highest BCUT2D eigenvalue weighted by molar-refractivity contribution is 9.10. The minimum absolute atomic E-state index is 0.586. The summed E-state index contributed by atoms with van der Waals surface area (Å²) < 4.78 is 0.992. The second kappa shape index (κ2) is 3.79. The van der Waals surface area contributed by atoms with E-state index in [1.54, 1.807) is 6.20 Å². The topological polar surface area (TPSA) is 41.6 Å². The largest absolute Gasteiger partial charge is 0.340 e. The minimum atomic E-state index is 0.586. The second-order valence-electron chi connectivity index (χ2n) is 3.71. The summed E-state index contributed by atoms with van der Waals surface area (Å²) in [5.74, 6) is 4.11. The van der Waals surface area contributed by atoms with Crippen molar-refractivity contribution in [3.05, 3.63) is 22.6 Å². The number of rotatable bonds is 1. The fraction of sp³-hybridized carbons (Fsp3) is 0.400. The van der Waals surface area contributed by atoms with E-state index in [0.717, 1.165) is 21.5 Å². The molecule has 0 bridgehead atoms. The van der Waals surface area contributed by atoms with E-state index in [4.69, 9.17) is 0 Å². The van der Waals surface area contributed by atoms with Gasteiger partial charge < -0.3 is 4.98 Å². The lowest BCUT2D eigenvalue weighted by molar-refractivity contribution is 0.733. The van der Waals surface area contributed by atoms with Gasteiger partial charge in [-0.1, -0.05) is 0 Å². The molecule has 0 radical (unpaired) electrons. The Morgan fingerprint density at radius 3 is 3.27 bits per heavy atom. The van der Waals surface area contributed by atoms with Crippen LogP contribution in [0.4, 0.5) is 0 Å². The molecular weight excluding hydrogens is 274 g/mol. The van der Waals surface area contributed by atoms with Crippen molar-refractivity contribution in [3.63, 3.8) is 0 Å². The Balaban J connectivity index is 2.05. The Morgan fingerprint density at radius 2 is 2.47 bits per heavy atom. The summed E-state index contributed by atoms with van der Waals surface area (Å²) in [4.78, 5) is 12.2. The van der Waals surface area contributed by atoms with Gasteiger partial charge >= 0.3 is 0 Å². The number of nitrogens with one attached hydrogen (secondary N) is 1. The van der Waals surface area contributed by atoms with Crippen molar-refractivity contribution in [2.45, 2.75) is 12.3 Å². The predicted octanol–water partition coefficient (Wildman–Crippen LogP) is 2.94. The number of aromatic amines is 1. The third-order valence-corrected chi connectivity index (χ3v) is 4.23. The molecule has 5 heteroatoms. The fourth-order valence-corrected chi connectivity index (χ4v) is 3.39. The Hall–Kier alpha value is -0.550. The molecule has 1 unspecified atom stereocenters. The molecule has 1 N–H and O–H groups in total. The monoisotopic (exact) mass is 283 g/mol. The van der Waals surface area contributed by atoms with Crippen LogP contribution >= 0.6 is 27.7 Å². The summed E-state index contributed by atoms with van der Waals surface area (Å²) in [6.07, 6.45) is 3.02. The average molecular weight is 284 g/mol. The molecule has 1 fully saturated rings. The number of imidazole rings is 1. The van der Waals surface area contributed by atoms with Crippen LogP contribution in [0.1, 0.15) is 18.2 Å². The number of nitrogens with zero attached hydrogens (tertiary/aromatic N) is 2. The summed E-state index contributed by atoms with van der Waals surface area (Å²) in [6.45, 7) is 0. The van der Waals surface area contributed by atoms with E-state index in [1.165, 1.54) is 17.9 Å². The smallest absolute Gasteiger partial charge is 0.177 e. The molecule has 1 saturated heterocycles. The Labute approximate surface area is 100 Å². The SMILES string of the molecule is Brc1cnc2nc(C3CCSC3)[nH]c2c1. The van der Waals surface area contributed by atoms with Gasteiger partial charge in [-0.05, 0) is 34.2 Å². The van der Waals surface area contributed by atoms with Crippen LogP contribution in [0.3, 0.4) is 0 Å². The molecule has 3 nitrogen and oxygen atoms in total. The summed E-state index contributed by atoms with van der Waals surface area (Å²) in [6, 6.07) is 2.03. The van der Waals surface area contributed by atoms with Crippen LogP contribution in [-0.4, -0.2) is 26.5 Å². The van der Waals surface area contributed by atoms with Gasteiger partial charge in [0, 0.05) is 22.3 Å². The molecule has 78 valence electrons. The van der Waals surface area contributed by atoms with E-state index in [-0.39, 0.29) is 0 Å². The first kappa shape index (κ1) is 9.66. The third kappa shape index (κ3) is 1.78. The minimum Gasteiger partial charge on any atom is -0.340 e. The van der Waals surface area contributed by atoms with Gasteiger partial charge in [-0.3, -0.25) is 0 Å². The summed E-state index contributed by atoms with van der Waals surface area (Å²) >= 11 is 5.41. The average Bonchev–Trinajstić information content (AvgIpc) is 2.84. The van der Waals surface area contributed by atoms with Gasteiger partial charge in [0.15, 0.2) is 5.65 Å². The van der Waals surface area contributed by atoms with Gasteiger partial charge in [-0.2, -0.15) is 11.8 Å². The first-order chi connectivity index (χ1) is 7.33. The molecule has 15 heavy (non-hydrogen) atoms. The third-order valence-electron chi connectivity index (χ3n) is 2.64. The van der Waals surface area contributed by atoms with Crippen LogP contribution in [0, 0.1) is 0 Å². The number of halogens is 1. The lowest BCUT2D eigenvalue weighted by atomic mass is 10.1. The van der Waals surface area contributed by atoms with Gasteiger partial charge in [0.2, 0.25) is 0 Å². The summed E-state index contributed by atoms with van der Waals surface area (Å²) in [5.41, 5.74) is 1.85. The first-order valence-electron chi connectivity index (χ1n) is 4.92. The van der Waals surface area contributed by atoms with Gasteiger partial charge in [0.05, 0.1) is 5.52 Å². The molecule has 0 amide bonds. The number of fused-ring (bicyclic) bond motifs is 1. The number of hydrogen-bond acceptors (Lipinski definition) is 3. The zero-order valence-corrected chi connectivity index (χ0v) is 10.4. The number of pyridine rings is 1. The van der Waals surface area contributed by atoms with Crippen molar-refractivity contribution >= 4 is 38.9 Å². The molecule has 3 rings (SSSR count). The quantitative estimate of drug-likeness (QED) is 0.875. The van der Waals surface area contributed by atoms with E-state index in [0.29, 0.717) is 5.92 Å². The van der Waals surface area contributed by atoms with Gasteiger partial charge in [-0.25, -0.2) is 9.97 Å². The van der Waals surface area contributed by atoms with Crippen molar-refractivity contribution in [2.75, 3.05) is 11.5 Å². The highest BCUT2D eigenvalue weighted by atomic mass is 79.9. The maximum Gasteiger partial charge on any atom is 0.177 e. The molecule has 1 aliphatic rings. The number of aromatic nitrogens is 3. The number of H-pyrrole nitrogens is 1. The highest BCUT2D eigenvalue weighted by Gasteiger charge is 2.20. The van der Waals surface area contributed by atoms with E-state index >= 15 is 0 Å². The van der Waals surface area contributed by atoms with Gasteiger partial charge in [0.25, 0.3) is 0 Å². The van der Waals surface area contributed by atoms with E-state index in [9.17, 15) is 0 Å². The van der Waals surface area contributed by atoms with Crippen LogP contribution in [0.15, 0.2) is 16.7 Å². The van der Waals surface area contributed by atoms with E-state index in [2.05, 4.69) is 30.9 Å². The van der Waals surface area contributed by atoms with E-state index in [1.807, 2.05) is 17.8 Å². The Kier molecular flexibility index (Phi) is 2.44. The lowest BCUT2D eigenvalue weighted by Crippen LogP contribution is -1.98. The van der Waals surface area contributed by atoms with Gasteiger partial charge in [-0.15, -0.1) is 0 Å². The van der Waals surface area contributed by atoms with Crippen LogP contribution < -0.4 is 0 Å². The molecule has 1 atom stereocenters. The molecule has 3 heterocycles. The molecule has 0 spiro atoms. The molecule has 0 saturated carbocycles. The van der Waals surface area contributed by atoms with Crippen LogP contribution in [0.25, 0.3) is 11.2 Å². The van der Waals surface area contributed by atoms with Crippen LogP contribution in [0.2, 0.25) is 0 Å². The van der Waals surface area contributed by atoms with Crippen molar-refractivity contribution < 1.29 is 0 Å². The zero-order valence-electron chi connectivity index (χ0n) is 8.03. The first-order valence-corrected chi connectivity index (χ1v) is 6.86. The summed E-state index contributed by atoms with van der Waals surface area (Å²) in [5, 5.41) is 0. The fourth-order valence-electron chi connectivity index (χ4n) is 1.84. The van der Waals surface area contributed by atoms with Crippen molar-refractivity contribution in [1.29, 1.82) is 0 Å². The maximum atomic E-state index is 4.54. The summed E-state index contributed by atoms with van der Waals surface area (Å²) in [7, 11) is 0. The second-order valence-corrected chi connectivity index (χ2v) is 5.77. The molecule has 0 aromatic carbocycles. The van der Waals surface area contributed by atoms with E-state index < -0.39 is 0 Å². The molecule has 2 aromatic rings. The normalized spacial score (nSPS) is 21.3. The van der Waals surface area contributed by atoms with Gasteiger partial charge in [0.1, 0.15) is 5.82 Å². The maximum absolute atomic E-state index is 4.54.